The van der Waals surface area contributed by atoms with Gasteiger partial charge in [-0.3, -0.25) is 9.59 Å². The maximum absolute atomic E-state index is 12.0. The first-order valence-electron chi connectivity index (χ1n) is 7.47. The minimum Gasteiger partial charge on any atom is -0.353 e. The zero-order valence-corrected chi connectivity index (χ0v) is 14.2. The molecular formula is C13H26N4O4S. The molecule has 1 aliphatic rings. The van der Waals surface area contributed by atoms with Crippen molar-refractivity contribution in [1.82, 2.24) is 20.3 Å². The van der Waals surface area contributed by atoms with Gasteiger partial charge in [0.15, 0.2) is 0 Å². The predicted octanol–water partition coefficient (Wildman–Crippen LogP) is -1.36. The number of nitrogens with one attached hydrogen (secondary N) is 3. The van der Waals surface area contributed by atoms with Crippen molar-refractivity contribution in [1.29, 1.82) is 0 Å². The van der Waals surface area contributed by atoms with Crippen LogP contribution in [0.5, 0.6) is 0 Å². The molecule has 1 saturated heterocycles. The number of amides is 2. The van der Waals surface area contributed by atoms with E-state index < -0.39 is 10.0 Å². The van der Waals surface area contributed by atoms with Crippen LogP contribution in [0.25, 0.3) is 0 Å². The molecule has 0 bridgehead atoms. The smallest absolute Gasteiger partial charge is 0.235 e. The molecule has 0 spiro atoms. The van der Waals surface area contributed by atoms with Crippen LogP contribution in [0.4, 0.5) is 0 Å². The Morgan fingerprint density at radius 2 is 2.05 bits per heavy atom. The second-order valence-corrected chi connectivity index (χ2v) is 7.73. The van der Waals surface area contributed by atoms with Crippen LogP contribution in [0.3, 0.4) is 0 Å². The van der Waals surface area contributed by atoms with Gasteiger partial charge in [0.2, 0.25) is 21.8 Å². The van der Waals surface area contributed by atoms with Crippen LogP contribution in [0.1, 0.15) is 27.2 Å². The lowest BCUT2D eigenvalue weighted by Crippen LogP contribution is -2.51. The highest BCUT2D eigenvalue weighted by Gasteiger charge is 2.22. The van der Waals surface area contributed by atoms with E-state index in [0.717, 1.165) is 0 Å². The normalized spacial score (nSPS) is 19.3. The van der Waals surface area contributed by atoms with E-state index in [1.807, 2.05) is 6.92 Å². The monoisotopic (exact) mass is 334 g/mol. The van der Waals surface area contributed by atoms with Gasteiger partial charge in [0, 0.05) is 38.1 Å². The van der Waals surface area contributed by atoms with Gasteiger partial charge in [-0.1, -0.05) is 0 Å². The number of sulfonamides is 1. The van der Waals surface area contributed by atoms with Crippen LogP contribution in [-0.2, 0) is 19.6 Å². The highest BCUT2D eigenvalue weighted by Crippen LogP contribution is 2.02. The molecule has 0 saturated carbocycles. The van der Waals surface area contributed by atoms with Crippen molar-refractivity contribution in [3.8, 4) is 0 Å². The van der Waals surface area contributed by atoms with Gasteiger partial charge in [-0.05, 0) is 20.8 Å². The minimum absolute atomic E-state index is 0.0479. The van der Waals surface area contributed by atoms with Crippen molar-refractivity contribution < 1.29 is 18.0 Å². The fourth-order valence-electron chi connectivity index (χ4n) is 2.16. The average Bonchev–Trinajstić information content (AvgIpc) is 2.42. The van der Waals surface area contributed by atoms with Crippen LogP contribution >= 0.6 is 0 Å². The number of carbonyl (C=O) groups excluding carboxylic acids is 2. The van der Waals surface area contributed by atoms with Crippen molar-refractivity contribution >= 4 is 21.8 Å². The van der Waals surface area contributed by atoms with Crippen LogP contribution in [0, 0.1) is 0 Å². The quantitative estimate of drug-likeness (QED) is 0.533. The standard InChI is InChI=1S/C13H26N4O4S/c1-10(2)16-12(18)8-15-22(20,21)7-4-13(19)17-6-5-14-11(3)9-17/h10-11,14-15H,4-9H2,1-3H3,(H,16,18). The van der Waals surface area contributed by atoms with Gasteiger partial charge in [-0.2, -0.15) is 0 Å². The predicted molar refractivity (Wildman–Crippen MR) is 83.7 cm³/mol. The maximum atomic E-state index is 12.0. The fourth-order valence-corrected chi connectivity index (χ4v) is 3.10. The third-order valence-electron chi connectivity index (χ3n) is 3.21. The van der Waals surface area contributed by atoms with Gasteiger partial charge in [-0.15, -0.1) is 0 Å². The lowest BCUT2D eigenvalue weighted by molar-refractivity contribution is -0.131. The molecule has 1 fully saturated rings. The summed E-state index contributed by atoms with van der Waals surface area (Å²) >= 11 is 0. The van der Waals surface area contributed by atoms with Crippen molar-refractivity contribution in [2.45, 2.75) is 39.3 Å². The first-order valence-corrected chi connectivity index (χ1v) is 9.12. The zero-order chi connectivity index (χ0) is 16.8. The first-order chi connectivity index (χ1) is 10.2. The number of rotatable bonds is 7. The van der Waals surface area contributed by atoms with Crippen molar-refractivity contribution in [2.24, 2.45) is 0 Å². The summed E-state index contributed by atoms with van der Waals surface area (Å²) in [5, 5.41) is 5.81. The molecule has 0 aromatic rings. The van der Waals surface area contributed by atoms with Crippen molar-refractivity contribution in [3.63, 3.8) is 0 Å². The van der Waals surface area contributed by atoms with Gasteiger partial charge in [-0.25, -0.2) is 13.1 Å². The second kappa shape index (κ2) is 8.44. The SMILES string of the molecule is CC(C)NC(=O)CNS(=O)(=O)CCC(=O)N1CCNC(C)C1. The first kappa shape index (κ1) is 18.9. The lowest BCUT2D eigenvalue weighted by Gasteiger charge is -2.31. The zero-order valence-electron chi connectivity index (χ0n) is 13.4. The summed E-state index contributed by atoms with van der Waals surface area (Å²) in [4.78, 5) is 25.1. The Hall–Kier alpha value is -1.19. The van der Waals surface area contributed by atoms with E-state index in [2.05, 4.69) is 15.4 Å². The van der Waals surface area contributed by atoms with E-state index in [0.29, 0.717) is 19.6 Å². The minimum atomic E-state index is -3.63. The summed E-state index contributed by atoms with van der Waals surface area (Å²) in [5.41, 5.74) is 0. The third-order valence-corrected chi connectivity index (χ3v) is 4.53. The van der Waals surface area contributed by atoms with Gasteiger partial charge in [0.05, 0.1) is 12.3 Å². The Morgan fingerprint density at radius 3 is 2.64 bits per heavy atom. The highest BCUT2D eigenvalue weighted by molar-refractivity contribution is 7.89. The Morgan fingerprint density at radius 1 is 1.36 bits per heavy atom. The molecule has 3 N–H and O–H groups in total. The largest absolute Gasteiger partial charge is 0.353 e. The van der Waals surface area contributed by atoms with E-state index in [1.54, 1.807) is 18.7 Å². The summed E-state index contributed by atoms with van der Waals surface area (Å²) in [6, 6.07) is 0.167. The summed E-state index contributed by atoms with van der Waals surface area (Å²) in [5.74, 6) is -0.870. The molecule has 8 nitrogen and oxygen atoms in total. The molecule has 1 aliphatic heterocycles. The molecule has 22 heavy (non-hydrogen) atoms. The lowest BCUT2D eigenvalue weighted by atomic mass is 10.2. The third kappa shape index (κ3) is 7.19. The topological polar surface area (TPSA) is 108 Å². The number of hydrogen-bond acceptors (Lipinski definition) is 5. The van der Waals surface area contributed by atoms with E-state index in [9.17, 15) is 18.0 Å². The molecule has 0 aromatic heterocycles. The van der Waals surface area contributed by atoms with E-state index in [-0.39, 0.29) is 42.6 Å². The molecule has 1 rings (SSSR count). The molecule has 128 valence electrons. The molecule has 0 aliphatic carbocycles. The van der Waals surface area contributed by atoms with Gasteiger partial charge < -0.3 is 15.5 Å². The Balaban J connectivity index is 2.35. The molecule has 0 aromatic carbocycles. The highest BCUT2D eigenvalue weighted by atomic mass is 32.2. The van der Waals surface area contributed by atoms with E-state index in [4.69, 9.17) is 0 Å². The molecule has 1 heterocycles. The Labute approximate surface area is 132 Å². The van der Waals surface area contributed by atoms with E-state index >= 15 is 0 Å². The van der Waals surface area contributed by atoms with Gasteiger partial charge in [0.25, 0.3) is 0 Å². The van der Waals surface area contributed by atoms with E-state index in [1.165, 1.54) is 0 Å². The summed E-state index contributed by atoms with van der Waals surface area (Å²) in [6.07, 6.45) is -0.0755. The van der Waals surface area contributed by atoms with Crippen molar-refractivity contribution in [2.75, 3.05) is 31.9 Å². The van der Waals surface area contributed by atoms with Crippen molar-refractivity contribution in [3.05, 3.63) is 0 Å². The van der Waals surface area contributed by atoms with Gasteiger partial charge in [0.1, 0.15) is 0 Å². The maximum Gasteiger partial charge on any atom is 0.235 e. The van der Waals surface area contributed by atoms with Crippen LogP contribution < -0.4 is 15.4 Å². The fraction of sp³-hybridized carbons (Fsp3) is 0.846. The van der Waals surface area contributed by atoms with Crippen LogP contribution in [0.15, 0.2) is 0 Å². The number of nitrogens with zero attached hydrogens (tertiary/aromatic N) is 1. The number of hydrogen-bond donors (Lipinski definition) is 3. The van der Waals surface area contributed by atoms with Crippen LogP contribution in [0.2, 0.25) is 0 Å². The molecule has 9 heteroatoms. The van der Waals surface area contributed by atoms with Crippen LogP contribution in [-0.4, -0.2) is 69.1 Å². The molecule has 1 atom stereocenters. The Bertz CT molecular complexity index is 492. The second-order valence-electron chi connectivity index (χ2n) is 5.81. The average molecular weight is 334 g/mol. The van der Waals surface area contributed by atoms with Gasteiger partial charge >= 0.3 is 0 Å². The molecule has 0 radical (unpaired) electrons. The summed E-state index contributed by atoms with van der Waals surface area (Å²) in [6.45, 7) is 7.15. The Kier molecular flexibility index (Phi) is 7.24. The molecule has 2 amide bonds. The molecular weight excluding hydrogens is 308 g/mol. The molecule has 1 unspecified atom stereocenters. The number of piperazine rings is 1. The summed E-state index contributed by atoms with van der Waals surface area (Å²) < 4.78 is 25.8. The number of carbonyl (C=O) groups is 2. The summed E-state index contributed by atoms with van der Waals surface area (Å²) in [7, 11) is -3.63.